The Morgan fingerprint density at radius 3 is 2.80 bits per heavy atom. The zero-order valence-corrected chi connectivity index (χ0v) is 14.1. The van der Waals surface area contributed by atoms with Gasteiger partial charge in [0.25, 0.3) is 0 Å². The van der Waals surface area contributed by atoms with Crippen molar-refractivity contribution in [2.24, 2.45) is 0 Å². The van der Waals surface area contributed by atoms with Crippen molar-refractivity contribution >= 4 is 13.9 Å². The van der Waals surface area contributed by atoms with E-state index in [1.165, 1.54) is 0 Å². The molecule has 0 saturated heterocycles. The molecule has 0 bridgehead atoms. The molecule has 0 radical (unpaired) electrons. The molecule has 2 rings (SSSR count). The average molecular weight is 294 g/mol. The van der Waals surface area contributed by atoms with Crippen molar-refractivity contribution < 1.29 is 9.53 Å². The van der Waals surface area contributed by atoms with Crippen LogP contribution in [0.4, 0.5) is 0 Å². The van der Waals surface area contributed by atoms with Crippen molar-refractivity contribution in [2.75, 3.05) is 6.61 Å². The SMILES string of the molecule is CC1(c2cnn(COCC[Si](C)(C)C)c2)CCCC1=O. The van der Waals surface area contributed by atoms with Gasteiger partial charge in [-0.05, 0) is 25.8 Å². The molecule has 1 aliphatic rings. The Kier molecular flexibility index (Phi) is 4.49. The molecule has 0 aromatic carbocycles. The predicted octanol–water partition coefficient (Wildman–Crippen LogP) is 3.21. The second-order valence-electron chi connectivity index (χ2n) is 7.23. The molecule has 1 unspecified atom stereocenters. The van der Waals surface area contributed by atoms with E-state index in [4.69, 9.17) is 4.74 Å². The first-order valence-electron chi connectivity index (χ1n) is 7.45. The van der Waals surface area contributed by atoms with Crippen LogP contribution in [-0.2, 0) is 21.7 Å². The Morgan fingerprint density at radius 2 is 2.20 bits per heavy atom. The summed E-state index contributed by atoms with van der Waals surface area (Å²) in [4.78, 5) is 12.0. The van der Waals surface area contributed by atoms with Crippen LogP contribution in [0.2, 0.25) is 25.7 Å². The molecular weight excluding hydrogens is 268 g/mol. The molecule has 1 saturated carbocycles. The third-order valence-corrected chi connectivity index (χ3v) is 5.89. The number of Topliss-reactive ketones (excluding diaryl/α,β-unsaturated/α-hetero) is 1. The minimum atomic E-state index is -1.03. The first-order chi connectivity index (χ1) is 9.31. The third-order valence-electron chi connectivity index (χ3n) is 4.19. The summed E-state index contributed by atoms with van der Waals surface area (Å²) in [6.45, 7) is 10.3. The van der Waals surface area contributed by atoms with Crippen LogP contribution in [0.15, 0.2) is 12.4 Å². The van der Waals surface area contributed by atoms with Gasteiger partial charge in [0, 0.05) is 32.9 Å². The van der Waals surface area contributed by atoms with Crippen molar-refractivity contribution in [3.8, 4) is 0 Å². The summed E-state index contributed by atoms with van der Waals surface area (Å²) < 4.78 is 7.48. The number of carbonyl (C=O) groups excluding carboxylic acids is 1. The van der Waals surface area contributed by atoms with Crippen LogP contribution in [0.5, 0.6) is 0 Å². The Morgan fingerprint density at radius 1 is 1.45 bits per heavy atom. The van der Waals surface area contributed by atoms with Crippen molar-refractivity contribution in [2.45, 2.75) is 64.0 Å². The molecule has 1 aromatic heterocycles. The maximum atomic E-state index is 12.0. The summed E-state index contributed by atoms with van der Waals surface area (Å²) >= 11 is 0. The fourth-order valence-corrected chi connectivity index (χ4v) is 3.34. The molecule has 1 heterocycles. The van der Waals surface area contributed by atoms with Gasteiger partial charge in [-0.1, -0.05) is 19.6 Å². The van der Waals surface area contributed by atoms with Crippen LogP contribution < -0.4 is 0 Å². The maximum Gasteiger partial charge on any atom is 0.143 e. The molecule has 0 N–H and O–H groups in total. The first-order valence-corrected chi connectivity index (χ1v) is 11.2. The van der Waals surface area contributed by atoms with Crippen LogP contribution >= 0.6 is 0 Å². The molecule has 112 valence electrons. The van der Waals surface area contributed by atoms with Crippen LogP contribution in [0.1, 0.15) is 31.7 Å². The lowest BCUT2D eigenvalue weighted by atomic mass is 9.82. The largest absolute Gasteiger partial charge is 0.360 e. The number of rotatable bonds is 6. The first kappa shape index (κ1) is 15.4. The van der Waals surface area contributed by atoms with Crippen molar-refractivity contribution in [3.63, 3.8) is 0 Å². The van der Waals surface area contributed by atoms with E-state index in [0.717, 1.165) is 31.1 Å². The van der Waals surface area contributed by atoms with Gasteiger partial charge in [0.15, 0.2) is 0 Å². The predicted molar refractivity (Wildman–Crippen MR) is 82.5 cm³/mol. The average Bonchev–Trinajstić information content (AvgIpc) is 2.93. The van der Waals surface area contributed by atoms with Crippen LogP contribution in [0, 0.1) is 0 Å². The number of hydrogen-bond acceptors (Lipinski definition) is 3. The second-order valence-corrected chi connectivity index (χ2v) is 12.8. The van der Waals surface area contributed by atoms with E-state index in [1.54, 1.807) is 4.68 Å². The molecule has 1 aromatic rings. The Hall–Kier alpha value is -0.943. The van der Waals surface area contributed by atoms with E-state index in [-0.39, 0.29) is 5.41 Å². The monoisotopic (exact) mass is 294 g/mol. The zero-order valence-electron chi connectivity index (χ0n) is 13.1. The lowest BCUT2D eigenvalue weighted by molar-refractivity contribution is -0.121. The van der Waals surface area contributed by atoms with E-state index in [1.807, 2.05) is 19.3 Å². The highest BCUT2D eigenvalue weighted by molar-refractivity contribution is 6.76. The molecule has 1 atom stereocenters. The standard InChI is InChI=1S/C15H26N2O2Si/c1-15(7-5-6-14(15)18)13-10-16-17(11-13)12-19-8-9-20(2,3)4/h10-11H,5-9,12H2,1-4H3. The Labute approximate surface area is 122 Å². The molecular formula is C15H26N2O2Si. The number of aromatic nitrogens is 2. The maximum absolute atomic E-state index is 12.0. The number of ether oxygens (including phenoxy) is 1. The molecule has 0 amide bonds. The highest BCUT2D eigenvalue weighted by atomic mass is 28.3. The zero-order chi connectivity index (χ0) is 14.8. The molecule has 20 heavy (non-hydrogen) atoms. The fraction of sp³-hybridized carbons (Fsp3) is 0.733. The highest BCUT2D eigenvalue weighted by Gasteiger charge is 2.39. The van der Waals surface area contributed by atoms with Crippen LogP contribution in [0.3, 0.4) is 0 Å². The lowest BCUT2D eigenvalue weighted by Gasteiger charge is -2.19. The Bertz CT molecular complexity index is 478. The van der Waals surface area contributed by atoms with Crippen LogP contribution in [0.25, 0.3) is 0 Å². The van der Waals surface area contributed by atoms with Gasteiger partial charge in [0.1, 0.15) is 12.5 Å². The van der Waals surface area contributed by atoms with Gasteiger partial charge in [-0.2, -0.15) is 5.10 Å². The lowest BCUT2D eigenvalue weighted by Crippen LogP contribution is -2.26. The summed E-state index contributed by atoms with van der Waals surface area (Å²) in [6, 6.07) is 1.16. The van der Waals surface area contributed by atoms with Gasteiger partial charge in [0.2, 0.25) is 0 Å². The molecule has 5 heteroatoms. The number of nitrogens with zero attached hydrogens (tertiary/aromatic N) is 2. The number of ketones is 1. The summed E-state index contributed by atoms with van der Waals surface area (Å²) in [5, 5.41) is 4.33. The minimum Gasteiger partial charge on any atom is -0.360 e. The third kappa shape index (κ3) is 3.58. The van der Waals surface area contributed by atoms with Gasteiger partial charge in [0.05, 0.1) is 11.6 Å². The van der Waals surface area contributed by atoms with Gasteiger partial charge in [-0.3, -0.25) is 4.79 Å². The van der Waals surface area contributed by atoms with E-state index >= 15 is 0 Å². The van der Waals surface area contributed by atoms with Crippen molar-refractivity contribution in [1.29, 1.82) is 0 Å². The summed E-state index contributed by atoms with van der Waals surface area (Å²) in [6.07, 6.45) is 6.43. The van der Waals surface area contributed by atoms with Gasteiger partial charge in [-0.25, -0.2) is 4.68 Å². The van der Waals surface area contributed by atoms with Gasteiger partial charge >= 0.3 is 0 Å². The van der Waals surface area contributed by atoms with E-state index in [2.05, 4.69) is 24.7 Å². The number of hydrogen-bond donors (Lipinski definition) is 0. The topological polar surface area (TPSA) is 44.1 Å². The van der Waals surface area contributed by atoms with E-state index in [9.17, 15) is 4.79 Å². The van der Waals surface area contributed by atoms with Gasteiger partial charge in [-0.15, -0.1) is 0 Å². The van der Waals surface area contributed by atoms with Crippen molar-refractivity contribution in [1.82, 2.24) is 9.78 Å². The van der Waals surface area contributed by atoms with Crippen LogP contribution in [-0.4, -0.2) is 30.2 Å². The normalized spacial score (nSPS) is 23.5. The summed E-state index contributed by atoms with van der Waals surface area (Å²) in [5.74, 6) is 0.344. The van der Waals surface area contributed by atoms with E-state index in [0.29, 0.717) is 18.9 Å². The quantitative estimate of drug-likeness (QED) is 0.598. The molecule has 4 nitrogen and oxygen atoms in total. The Balaban J connectivity index is 1.88. The van der Waals surface area contributed by atoms with Gasteiger partial charge < -0.3 is 4.74 Å². The second kappa shape index (κ2) is 5.82. The molecule has 0 aliphatic heterocycles. The molecule has 0 spiro atoms. The summed E-state index contributed by atoms with van der Waals surface area (Å²) in [5.41, 5.74) is 0.713. The molecule has 1 aliphatic carbocycles. The van der Waals surface area contributed by atoms with Crippen molar-refractivity contribution in [3.05, 3.63) is 18.0 Å². The smallest absolute Gasteiger partial charge is 0.143 e. The minimum absolute atomic E-state index is 0.323. The summed E-state index contributed by atoms with van der Waals surface area (Å²) in [7, 11) is -1.03. The highest BCUT2D eigenvalue weighted by Crippen LogP contribution is 2.37. The van der Waals surface area contributed by atoms with E-state index < -0.39 is 8.07 Å². The molecule has 1 fully saturated rings. The number of carbonyl (C=O) groups is 1. The fourth-order valence-electron chi connectivity index (χ4n) is 2.58.